The minimum Gasteiger partial charge on any atom is -0.355 e. The Bertz CT molecular complexity index is 1770. The van der Waals surface area contributed by atoms with E-state index in [1.54, 1.807) is 42.9 Å². The van der Waals surface area contributed by atoms with Gasteiger partial charge in [0.2, 0.25) is 5.95 Å². The van der Waals surface area contributed by atoms with E-state index < -0.39 is 10.0 Å². The Kier molecular flexibility index (Phi) is 6.14. The summed E-state index contributed by atoms with van der Waals surface area (Å²) in [5.74, 6) is 1.57. The molecule has 0 amide bonds. The molecule has 5 aromatic rings. The maximum Gasteiger partial charge on any atom is 0.268 e. The van der Waals surface area contributed by atoms with Crippen LogP contribution in [0.15, 0.2) is 66.1 Å². The topological polar surface area (TPSA) is 97.9 Å². The quantitative estimate of drug-likeness (QED) is 0.306. The fourth-order valence-electron chi connectivity index (χ4n) is 5.03. The minimum atomic E-state index is -3.83. The van der Waals surface area contributed by atoms with Crippen LogP contribution in [0.2, 0.25) is 0 Å². The van der Waals surface area contributed by atoms with Crippen molar-refractivity contribution in [3.63, 3.8) is 0 Å². The number of rotatable bonds is 6. The molecule has 9 nitrogen and oxygen atoms in total. The molecule has 0 unspecified atom stereocenters. The summed E-state index contributed by atoms with van der Waals surface area (Å²) in [6.07, 6.45) is 7.28. The van der Waals surface area contributed by atoms with Crippen molar-refractivity contribution in [3.8, 4) is 5.69 Å². The summed E-state index contributed by atoms with van der Waals surface area (Å²) in [4.78, 5) is 16.4. The molecule has 1 aliphatic heterocycles. The number of benzene rings is 2. The normalized spacial score (nSPS) is 13.9. The molecule has 4 heterocycles. The first-order valence-electron chi connectivity index (χ1n) is 13.1. The second-order valence-corrected chi connectivity index (χ2v) is 12.0. The fourth-order valence-corrected chi connectivity index (χ4v) is 6.38. The number of hydrogen-bond donors (Lipinski definition) is 1. The van der Waals surface area contributed by atoms with Gasteiger partial charge in [-0.3, -0.25) is 0 Å². The lowest BCUT2D eigenvalue weighted by atomic mass is 10.0. The van der Waals surface area contributed by atoms with E-state index in [0.717, 1.165) is 37.2 Å². The SMILES string of the molecule is Cc1ccc(S(=O)(=O)n2ccc3nc(Nc4cn(-c5cc(C)c(C)c(C)c5)cn4)nc(N4CCCC4)c32)cc1. The molecule has 0 aliphatic carbocycles. The summed E-state index contributed by atoms with van der Waals surface area (Å²) in [6, 6.07) is 12.9. The van der Waals surface area contributed by atoms with Gasteiger partial charge in [0, 0.05) is 25.0 Å². The molecule has 3 aromatic heterocycles. The van der Waals surface area contributed by atoms with Crippen LogP contribution in [0.1, 0.15) is 35.1 Å². The van der Waals surface area contributed by atoms with Crippen molar-refractivity contribution in [1.82, 2.24) is 23.5 Å². The third-order valence-electron chi connectivity index (χ3n) is 7.50. The Morgan fingerprint density at radius 1 is 0.897 bits per heavy atom. The van der Waals surface area contributed by atoms with E-state index in [0.29, 0.717) is 28.6 Å². The van der Waals surface area contributed by atoms with Crippen LogP contribution in [0.25, 0.3) is 16.7 Å². The van der Waals surface area contributed by atoms with Gasteiger partial charge in [-0.1, -0.05) is 17.7 Å². The van der Waals surface area contributed by atoms with E-state index in [4.69, 9.17) is 4.98 Å². The number of nitrogens with one attached hydrogen (secondary N) is 1. The summed E-state index contributed by atoms with van der Waals surface area (Å²) in [5.41, 5.74) is 6.80. The van der Waals surface area contributed by atoms with Gasteiger partial charge in [-0.05, 0) is 87.6 Å². The van der Waals surface area contributed by atoms with Crippen molar-refractivity contribution in [2.45, 2.75) is 45.4 Å². The predicted molar refractivity (Wildman–Crippen MR) is 154 cm³/mol. The van der Waals surface area contributed by atoms with Crippen LogP contribution in [0.5, 0.6) is 0 Å². The molecule has 0 bridgehead atoms. The minimum absolute atomic E-state index is 0.229. The Morgan fingerprint density at radius 2 is 1.59 bits per heavy atom. The molecule has 0 spiro atoms. The predicted octanol–water partition coefficient (Wildman–Crippen LogP) is 5.43. The van der Waals surface area contributed by atoms with Gasteiger partial charge in [0.1, 0.15) is 11.8 Å². The Morgan fingerprint density at radius 3 is 2.28 bits per heavy atom. The van der Waals surface area contributed by atoms with Gasteiger partial charge in [0.25, 0.3) is 10.0 Å². The first kappa shape index (κ1) is 25.1. The molecule has 0 radical (unpaired) electrons. The Balaban J connectivity index is 1.39. The molecule has 200 valence electrons. The maximum absolute atomic E-state index is 13.6. The molecule has 2 aromatic carbocycles. The second-order valence-electron chi connectivity index (χ2n) is 10.2. The largest absolute Gasteiger partial charge is 0.355 e. The van der Waals surface area contributed by atoms with Crippen LogP contribution in [-0.4, -0.2) is 45.0 Å². The van der Waals surface area contributed by atoms with Crippen molar-refractivity contribution < 1.29 is 8.42 Å². The molecular formula is C29H31N7O2S. The molecule has 0 saturated carbocycles. The zero-order valence-corrected chi connectivity index (χ0v) is 23.3. The zero-order chi connectivity index (χ0) is 27.3. The summed E-state index contributed by atoms with van der Waals surface area (Å²) < 4.78 is 30.5. The number of hydrogen-bond acceptors (Lipinski definition) is 7. The monoisotopic (exact) mass is 541 g/mol. The maximum atomic E-state index is 13.6. The van der Waals surface area contributed by atoms with Crippen LogP contribution in [0, 0.1) is 27.7 Å². The first-order valence-corrected chi connectivity index (χ1v) is 14.5. The van der Waals surface area contributed by atoms with Gasteiger partial charge < -0.3 is 14.8 Å². The van der Waals surface area contributed by atoms with Crippen LogP contribution in [0.4, 0.5) is 17.6 Å². The van der Waals surface area contributed by atoms with Crippen LogP contribution in [-0.2, 0) is 10.0 Å². The zero-order valence-electron chi connectivity index (χ0n) is 22.5. The average Bonchev–Trinajstić information content (AvgIpc) is 3.68. The van der Waals surface area contributed by atoms with Crippen LogP contribution >= 0.6 is 0 Å². The highest BCUT2D eigenvalue weighted by atomic mass is 32.2. The molecule has 1 fully saturated rings. The van der Waals surface area contributed by atoms with E-state index in [1.807, 2.05) is 17.7 Å². The van der Waals surface area contributed by atoms with Crippen molar-refractivity contribution >= 4 is 38.6 Å². The number of nitrogens with zero attached hydrogens (tertiary/aromatic N) is 6. The van der Waals surface area contributed by atoms with Gasteiger partial charge in [0.15, 0.2) is 11.6 Å². The standard InChI is InChI=1S/C29H31N7O2S/c1-19-7-9-24(10-8-19)39(37,38)36-14-11-25-27(36)28(34-12-5-6-13-34)33-29(31-25)32-26-17-35(18-30-26)23-15-20(2)22(4)21(3)16-23/h7-11,14-18H,5-6,12-13H2,1-4H3,(H,31,32,33). The molecule has 1 N–H and O–H groups in total. The van der Waals surface area contributed by atoms with Gasteiger partial charge in [0.05, 0.1) is 16.6 Å². The van der Waals surface area contributed by atoms with Crippen molar-refractivity contribution in [2.24, 2.45) is 0 Å². The van der Waals surface area contributed by atoms with Gasteiger partial charge >= 0.3 is 0 Å². The molecule has 1 saturated heterocycles. The average molecular weight is 542 g/mol. The molecule has 6 rings (SSSR count). The number of aromatic nitrogens is 5. The highest BCUT2D eigenvalue weighted by Gasteiger charge is 2.26. The Hall–Kier alpha value is -4.18. The molecule has 39 heavy (non-hydrogen) atoms. The summed E-state index contributed by atoms with van der Waals surface area (Å²) in [7, 11) is -3.83. The number of anilines is 3. The first-order chi connectivity index (χ1) is 18.7. The third kappa shape index (κ3) is 4.54. The van der Waals surface area contributed by atoms with E-state index >= 15 is 0 Å². The third-order valence-corrected chi connectivity index (χ3v) is 9.19. The van der Waals surface area contributed by atoms with Crippen LogP contribution in [0.3, 0.4) is 0 Å². The number of aryl methyl sites for hydroxylation is 3. The molecule has 10 heteroatoms. The lowest BCUT2D eigenvalue weighted by Gasteiger charge is -2.20. The van der Waals surface area contributed by atoms with E-state index in [-0.39, 0.29) is 4.90 Å². The van der Waals surface area contributed by atoms with Crippen molar-refractivity contribution in [2.75, 3.05) is 23.3 Å². The smallest absolute Gasteiger partial charge is 0.268 e. The van der Waals surface area contributed by atoms with Gasteiger partial charge in [-0.15, -0.1) is 0 Å². The van der Waals surface area contributed by atoms with Gasteiger partial charge in [-0.2, -0.15) is 4.98 Å². The molecule has 0 atom stereocenters. The van der Waals surface area contributed by atoms with Gasteiger partial charge in [-0.25, -0.2) is 22.4 Å². The fraction of sp³-hybridized carbons (Fsp3) is 0.276. The lowest BCUT2D eigenvalue weighted by molar-refractivity contribution is 0.589. The van der Waals surface area contributed by atoms with E-state index in [1.165, 1.54) is 20.7 Å². The number of imidazole rings is 1. The number of fused-ring (bicyclic) bond motifs is 1. The van der Waals surface area contributed by atoms with E-state index in [2.05, 4.69) is 53.1 Å². The van der Waals surface area contributed by atoms with Crippen molar-refractivity contribution in [3.05, 3.63) is 83.4 Å². The molecule has 1 aliphatic rings. The Labute approximate surface area is 228 Å². The summed E-state index contributed by atoms with van der Waals surface area (Å²) in [6.45, 7) is 9.89. The van der Waals surface area contributed by atoms with Crippen LogP contribution < -0.4 is 10.2 Å². The summed E-state index contributed by atoms with van der Waals surface area (Å²) >= 11 is 0. The van der Waals surface area contributed by atoms with Crippen molar-refractivity contribution in [1.29, 1.82) is 0 Å². The second kappa shape index (κ2) is 9.53. The highest BCUT2D eigenvalue weighted by molar-refractivity contribution is 7.90. The summed E-state index contributed by atoms with van der Waals surface area (Å²) in [5, 5.41) is 3.24. The lowest BCUT2D eigenvalue weighted by Crippen LogP contribution is -2.22. The van der Waals surface area contributed by atoms with E-state index in [9.17, 15) is 8.42 Å². The molecular weight excluding hydrogens is 510 g/mol. The highest BCUT2D eigenvalue weighted by Crippen LogP contribution is 2.32.